The Hall–Kier alpha value is -4.41. The molecule has 0 fully saturated rings. The zero-order chi connectivity index (χ0) is 25.3. The van der Waals surface area contributed by atoms with Gasteiger partial charge >= 0.3 is 17.8 Å². The van der Waals surface area contributed by atoms with Gasteiger partial charge in [-0.3, -0.25) is 4.79 Å². The molecule has 0 N–H and O–H groups in total. The number of fused-ring (bicyclic) bond motifs is 1. The molecule has 0 amide bonds. The Balaban J connectivity index is 1.65. The molecule has 2 aromatic heterocycles. The number of aryl methyl sites for hydroxylation is 1. The Bertz CT molecular complexity index is 1560. The van der Waals surface area contributed by atoms with Gasteiger partial charge in [-0.05, 0) is 37.3 Å². The molecule has 0 aliphatic rings. The van der Waals surface area contributed by atoms with Gasteiger partial charge in [-0.1, -0.05) is 6.07 Å². The number of methoxy groups -OCH3 is 1. The first-order chi connectivity index (χ1) is 16.6. The number of carbonyl (C=O) groups is 1. The number of aromatic nitrogens is 2. The third-order valence-electron chi connectivity index (χ3n) is 5.11. The van der Waals surface area contributed by atoms with Crippen LogP contribution in [0.5, 0.6) is 5.75 Å². The van der Waals surface area contributed by atoms with Gasteiger partial charge in [0.1, 0.15) is 17.9 Å². The average Bonchev–Trinajstić information content (AvgIpc) is 2.81. The van der Waals surface area contributed by atoms with Crippen LogP contribution in [0.2, 0.25) is 0 Å². The van der Waals surface area contributed by atoms with Crippen LogP contribution in [0, 0.1) is 6.92 Å². The molecule has 0 aliphatic carbocycles. The second-order valence-corrected chi connectivity index (χ2v) is 7.49. The molecule has 0 saturated heterocycles. The fourth-order valence-electron chi connectivity index (χ4n) is 3.43. The molecule has 2 heterocycles. The van der Waals surface area contributed by atoms with Crippen molar-refractivity contribution in [2.75, 3.05) is 7.11 Å². The Morgan fingerprint density at radius 3 is 2.57 bits per heavy atom. The molecular weight excluding hydrogens is 469 g/mol. The van der Waals surface area contributed by atoms with Crippen molar-refractivity contribution in [2.45, 2.75) is 19.7 Å². The molecular formula is C24H17F3N2O6. The summed E-state index contributed by atoms with van der Waals surface area (Å²) in [7, 11) is 1.45. The van der Waals surface area contributed by atoms with Gasteiger partial charge in [0.25, 0.3) is 0 Å². The van der Waals surface area contributed by atoms with Crippen molar-refractivity contribution in [1.29, 1.82) is 0 Å². The Morgan fingerprint density at radius 2 is 1.86 bits per heavy atom. The molecule has 4 aromatic rings. The second-order valence-electron chi connectivity index (χ2n) is 7.49. The van der Waals surface area contributed by atoms with Crippen molar-refractivity contribution >= 4 is 16.9 Å². The summed E-state index contributed by atoms with van der Waals surface area (Å²) in [5, 5.41) is 4.43. The molecule has 0 unspecified atom stereocenters. The van der Waals surface area contributed by atoms with Gasteiger partial charge in [0, 0.05) is 34.8 Å². The first kappa shape index (κ1) is 23.7. The number of hydrogen-bond donors (Lipinski definition) is 0. The highest BCUT2D eigenvalue weighted by Crippen LogP contribution is 2.30. The maximum atomic E-state index is 13.1. The molecule has 0 aliphatic heterocycles. The van der Waals surface area contributed by atoms with Crippen molar-refractivity contribution in [2.24, 2.45) is 0 Å². The number of alkyl halides is 3. The number of benzene rings is 2. The highest BCUT2D eigenvalue weighted by atomic mass is 19.4. The summed E-state index contributed by atoms with van der Waals surface area (Å²) in [5.41, 5.74) is -2.23. The minimum Gasteiger partial charge on any atom is -0.497 e. The van der Waals surface area contributed by atoms with Gasteiger partial charge in [0.05, 0.1) is 18.4 Å². The standard InChI is InChI=1S/C24H17F3N2O6/c1-13-8-19(30)22(28-29(13)16-5-3-4-15(10-16)24(25,26)27)23(32)34-12-14-9-21(31)35-20-11-17(33-2)6-7-18(14)20/h3-11H,12H2,1-2H3. The monoisotopic (exact) mass is 486 g/mol. The maximum absolute atomic E-state index is 13.1. The predicted molar refractivity (Wildman–Crippen MR) is 118 cm³/mol. The van der Waals surface area contributed by atoms with E-state index in [0.717, 1.165) is 28.9 Å². The van der Waals surface area contributed by atoms with Gasteiger partial charge in [-0.2, -0.15) is 18.3 Å². The van der Waals surface area contributed by atoms with Crippen molar-refractivity contribution < 1.29 is 31.9 Å². The average molecular weight is 486 g/mol. The largest absolute Gasteiger partial charge is 0.497 e. The summed E-state index contributed by atoms with van der Waals surface area (Å²) in [6.07, 6.45) is -4.58. The molecule has 0 saturated carbocycles. The normalized spacial score (nSPS) is 11.5. The van der Waals surface area contributed by atoms with Crippen LogP contribution in [-0.4, -0.2) is 22.9 Å². The fourth-order valence-corrected chi connectivity index (χ4v) is 3.43. The number of carbonyl (C=O) groups excluding carboxylic acids is 1. The minimum atomic E-state index is -4.58. The lowest BCUT2D eigenvalue weighted by Crippen LogP contribution is -2.24. The van der Waals surface area contributed by atoms with Crippen molar-refractivity contribution in [1.82, 2.24) is 9.78 Å². The van der Waals surface area contributed by atoms with E-state index < -0.39 is 34.5 Å². The van der Waals surface area contributed by atoms with Crippen LogP contribution >= 0.6 is 0 Å². The zero-order valence-corrected chi connectivity index (χ0v) is 18.4. The SMILES string of the molecule is COc1ccc2c(COC(=O)c3nn(-c4cccc(C(F)(F)F)c4)c(C)cc3=O)cc(=O)oc2c1. The molecule has 4 rings (SSSR count). The van der Waals surface area contributed by atoms with E-state index in [4.69, 9.17) is 13.9 Å². The first-order valence-electron chi connectivity index (χ1n) is 10.1. The third-order valence-corrected chi connectivity index (χ3v) is 5.11. The van der Waals surface area contributed by atoms with Crippen LogP contribution in [0.4, 0.5) is 13.2 Å². The van der Waals surface area contributed by atoms with Crippen LogP contribution < -0.4 is 15.8 Å². The predicted octanol–water partition coefficient (Wildman–Crippen LogP) is 4.03. The van der Waals surface area contributed by atoms with Crippen molar-refractivity contribution in [3.8, 4) is 11.4 Å². The van der Waals surface area contributed by atoms with E-state index in [-0.39, 0.29) is 23.6 Å². The molecule has 0 radical (unpaired) electrons. The first-order valence-corrected chi connectivity index (χ1v) is 10.1. The summed E-state index contributed by atoms with van der Waals surface area (Å²) >= 11 is 0. The van der Waals surface area contributed by atoms with E-state index in [2.05, 4.69) is 5.10 Å². The van der Waals surface area contributed by atoms with E-state index in [1.54, 1.807) is 12.1 Å². The Morgan fingerprint density at radius 1 is 1.09 bits per heavy atom. The number of ether oxygens (including phenoxy) is 2. The summed E-state index contributed by atoms with van der Waals surface area (Å²) < 4.78 is 55.8. The van der Waals surface area contributed by atoms with Crippen LogP contribution in [0.25, 0.3) is 16.7 Å². The summed E-state index contributed by atoms with van der Waals surface area (Å²) in [5.74, 6) is -0.653. The molecule has 180 valence electrons. The number of esters is 1. The Labute approximate surface area is 195 Å². The topological polar surface area (TPSA) is 101 Å². The van der Waals surface area contributed by atoms with E-state index in [0.29, 0.717) is 16.7 Å². The highest BCUT2D eigenvalue weighted by molar-refractivity contribution is 5.87. The molecule has 8 nitrogen and oxygen atoms in total. The molecule has 11 heteroatoms. The molecule has 0 bridgehead atoms. The second kappa shape index (κ2) is 9.09. The summed E-state index contributed by atoms with van der Waals surface area (Å²) in [4.78, 5) is 37.0. The number of hydrogen-bond acceptors (Lipinski definition) is 7. The lowest BCUT2D eigenvalue weighted by atomic mass is 10.1. The number of nitrogens with zero attached hydrogens (tertiary/aromatic N) is 2. The van der Waals surface area contributed by atoms with Crippen LogP contribution in [0.3, 0.4) is 0 Å². The summed E-state index contributed by atoms with van der Waals surface area (Å²) in [6, 6.07) is 11.3. The lowest BCUT2D eigenvalue weighted by molar-refractivity contribution is -0.137. The molecule has 35 heavy (non-hydrogen) atoms. The quantitative estimate of drug-likeness (QED) is 0.310. The zero-order valence-electron chi connectivity index (χ0n) is 18.4. The number of halogens is 3. The van der Waals surface area contributed by atoms with Gasteiger partial charge in [-0.25, -0.2) is 14.3 Å². The molecule has 0 atom stereocenters. The summed E-state index contributed by atoms with van der Waals surface area (Å²) in [6.45, 7) is 1.08. The van der Waals surface area contributed by atoms with E-state index in [1.165, 1.54) is 32.2 Å². The highest BCUT2D eigenvalue weighted by Gasteiger charge is 2.30. The van der Waals surface area contributed by atoms with Gasteiger partial charge < -0.3 is 13.9 Å². The van der Waals surface area contributed by atoms with Crippen molar-refractivity contribution in [3.63, 3.8) is 0 Å². The molecule has 0 spiro atoms. The number of rotatable bonds is 5. The van der Waals surface area contributed by atoms with Gasteiger partial charge in [0.2, 0.25) is 11.1 Å². The van der Waals surface area contributed by atoms with Crippen LogP contribution in [0.15, 0.2) is 68.6 Å². The molecule has 2 aromatic carbocycles. The third kappa shape index (κ3) is 4.93. The maximum Gasteiger partial charge on any atom is 0.416 e. The minimum absolute atomic E-state index is 0.00647. The van der Waals surface area contributed by atoms with E-state index in [9.17, 15) is 27.6 Å². The van der Waals surface area contributed by atoms with Gasteiger partial charge in [0.15, 0.2) is 0 Å². The lowest BCUT2D eigenvalue weighted by Gasteiger charge is -2.13. The van der Waals surface area contributed by atoms with Crippen molar-refractivity contribution in [3.05, 3.63) is 97.8 Å². The fraction of sp³-hybridized carbons (Fsp3) is 0.167. The van der Waals surface area contributed by atoms with Crippen LogP contribution in [-0.2, 0) is 17.5 Å². The van der Waals surface area contributed by atoms with Crippen LogP contribution in [0.1, 0.15) is 27.3 Å². The van der Waals surface area contributed by atoms with E-state index in [1.807, 2.05) is 0 Å². The smallest absolute Gasteiger partial charge is 0.416 e. The van der Waals surface area contributed by atoms with E-state index >= 15 is 0 Å². The van der Waals surface area contributed by atoms with Gasteiger partial charge in [-0.15, -0.1) is 0 Å². The Kier molecular flexibility index (Phi) is 6.16.